The van der Waals surface area contributed by atoms with Gasteiger partial charge in [-0.05, 0) is 32.0 Å². The van der Waals surface area contributed by atoms with Crippen LogP contribution < -0.4 is 0 Å². The maximum atomic E-state index is 13.9. The second kappa shape index (κ2) is 6.81. The fourth-order valence-corrected chi connectivity index (χ4v) is 4.73. The summed E-state index contributed by atoms with van der Waals surface area (Å²) < 4.78 is 61.0. The molecule has 2 aromatic rings. The van der Waals surface area contributed by atoms with Gasteiger partial charge in [0.2, 0.25) is 10.0 Å². The first-order valence-corrected chi connectivity index (χ1v) is 9.30. The minimum Gasteiger partial charge on any atom is -0.379 e. The number of ether oxygens (including phenoxy) is 1. The number of rotatable bonds is 4. The van der Waals surface area contributed by atoms with Crippen LogP contribution in [-0.4, -0.2) is 48.8 Å². The molecule has 1 aromatic carbocycles. The summed E-state index contributed by atoms with van der Waals surface area (Å²) in [4.78, 5) is 0.117. The summed E-state index contributed by atoms with van der Waals surface area (Å²) in [6.45, 7) is 4.42. The van der Waals surface area contributed by atoms with Crippen LogP contribution in [0.3, 0.4) is 0 Å². The molecule has 0 bridgehead atoms. The second-order valence-corrected chi connectivity index (χ2v) is 7.78. The van der Waals surface area contributed by atoms with E-state index in [0.29, 0.717) is 24.6 Å². The van der Waals surface area contributed by atoms with Gasteiger partial charge in [-0.2, -0.15) is 9.40 Å². The monoisotopic (exact) mass is 371 g/mol. The number of hydrogen-bond acceptors (Lipinski definition) is 4. The van der Waals surface area contributed by atoms with E-state index >= 15 is 0 Å². The van der Waals surface area contributed by atoms with Crippen LogP contribution >= 0.6 is 0 Å². The van der Waals surface area contributed by atoms with Crippen LogP contribution in [0.2, 0.25) is 0 Å². The SMILES string of the molecule is Cc1nn(Cc2cc(F)ccc2F)c(C)c1S(=O)(=O)N1CCOCC1. The molecule has 0 saturated carbocycles. The highest BCUT2D eigenvalue weighted by Gasteiger charge is 2.32. The predicted molar refractivity (Wildman–Crippen MR) is 86.7 cm³/mol. The number of sulfonamides is 1. The van der Waals surface area contributed by atoms with Crippen molar-refractivity contribution in [2.24, 2.45) is 0 Å². The Kier molecular flexibility index (Phi) is 4.90. The van der Waals surface area contributed by atoms with E-state index in [4.69, 9.17) is 4.74 Å². The number of benzene rings is 1. The lowest BCUT2D eigenvalue weighted by Crippen LogP contribution is -2.41. The van der Waals surface area contributed by atoms with Crippen molar-refractivity contribution in [2.45, 2.75) is 25.3 Å². The zero-order chi connectivity index (χ0) is 18.2. The van der Waals surface area contributed by atoms with Crippen molar-refractivity contribution in [1.29, 1.82) is 0 Å². The number of nitrogens with zero attached hydrogens (tertiary/aromatic N) is 3. The van der Waals surface area contributed by atoms with E-state index in [2.05, 4.69) is 5.10 Å². The van der Waals surface area contributed by atoms with Gasteiger partial charge in [0.15, 0.2) is 0 Å². The molecule has 0 aliphatic carbocycles. The van der Waals surface area contributed by atoms with Crippen molar-refractivity contribution in [2.75, 3.05) is 26.3 Å². The van der Waals surface area contributed by atoms with Crippen LogP contribution in [0, 0.1) is 25.5 Å². The van der Waals surface area contributed by atoms with Crippen molar-refractivity contribution in [3.8, 4) is 0 Å². The molecule has 0 atom stereocenters. The number of hydrogen-bond donors (Lipinski definition) is 0. The van der Waals surface area contributed by atoms with E-state index < -0.39 is 21.7 Å². The zero-order valence-corrected chi connectivity index (χ0v) is 14.8. The number of aromatic nitrogens is 2. The number of aryl methyl sites for hydroxylation is 1. The van der Waals surface area contributed by atoms with Crippen molar-refractivity contribution < 1.29 is 21.9 Å². The summed E-state index contributed by atoms with van der Waals surface area (Å²) in [6, 6.07) is 3.16. The highest BCUT2D eigenvalue weighted by atomic mass is 32.2. The normalized spacial score (nSPS) is 16.3. The average molecular weight is 371 g/mol. The Balaban J connectivity index is 1.97. The van der Waals surface area contributed by atoms with Crippen molar-refractivity contribution in [3.63, 3.8) is 0 Å². The Morgan fingerprint density at radius 3 is 2.56 bits per heavy atom. The predicted octanol–water partition coefficient (Wildman–Crippen LogP) is 1.85. The number of halogens is 2. The molecule has 1 aromatic heterocycles. The molecular weight excluding hydrogens is 352 g/mol. The van der Waals surface area contributed by atoms with Gasteiger partial charge in [-0.25, -0.2) is 17.2 Å². The Morgan fingerprint density at radius 1 is 1.20 bits per heavy atom. The molecule has 6 nitrogen and oxygen atoms in total. The lowest BCUT2D eigenvalue weighted by atomic mass is 10.2. The van der Waals surface area contributed by atoms with E-state index in [1.54, 1.807) is 13.8 Å². The first-order valence-electron chi connectivity index (χ1n) is 7.86. The van der Waals surface area contributed by atoms with Crippen LogP contribution in [0.25, 0.3) is 0 Å². The maximum absolute atomic E-state index is 13.9. The van der Waals surface area contributed by atoms with Crippen LogP contribution in [0.5, 0.6) is 0 Å². The van der Waals surface area contributed by atoms with E-state index in [-0.39, 0.29) is 30.1 Å². The van der Waals surface area contributed by atoms with Gasteiger partial charge < -0.3 is 4.74 Å². The first-order chi connectivity index (χ1) is 11.8. The molecule has 0 unspecified atom stereocenters. The van der Waals surface area contributed by atoms with E-state index in [0.717, 1.165) is 18.2 Å². The van der Waals surface area contributed by atoms with Gasteiger partial charge >= 0.3 is 0 Å². The van der Waals surface area contributed by atoms with Crippen molar-refractivity contribution in [1.82, 2.24) is 14.1 Å². The van der Waals surface area contributed by atoms with Gasteiger partial charge in [-0.15, -0.1) is 0 Å². The summed E-state index contributed by atoms with van der Waals surface area (Å²) in [6.07, 6.45) is 0. The van der Waals surface area contributed by atoms with E-state index in [1.807, 2.05) is 0 Å². The van der Waals surface area contributed by atoms with Gasteiger partial charge in [-0.1, -0.05) is 0 Å². The van der Waals surface area contributed by atoms with Crippen LogP contribution in [0.4, 0.5) is 8.78 Å². The van der Waals surface area contributed by atoms with Gasteiger partial charge in [0.1, 0.15) is 16.5 Å². The standard InChI is InChI=1S/C16H19F2N3O3S/c1-11-16(25(22,23)20-5-7-24-8-6-20)12(2)21(19-11)10-13-9-14(17)3-4-15(13)18/h3-4,9H,5-8,10H2,1-2H3. The first kappa shape index (κ1) is 18.0. The lowest BCUT2D eigenvalue weighted by molar-refractivity contribution is 0.0730. The van der Waals surface area contributed by atoms with E-state index in [1.165, 1.54) is 8.99 Å². The van der Waals surface area contributed by atoms with Crippen LogP contribution in [-0.2, 0) is 21.3 Å². The minimum absolute atomic E-state index is 0.0467. The molecule has 1 fully saturated rings. The number of morpholine rings is 1. The fraction of sp³-hybridized carbons (Fsp3) is 0.438. The van der Waals surface area contributed by atoms with Gasteiger partial charge in [0, 0.05) is 18.7 Å². The minimum atomic E-state index is -3.71. The highest BCUT2D eigenvalue weighted by molar-refractivity contribution is 7.89. The largest absolute Gasteiger partial charge is 0.379 e. The molecule has 2 heterocycles. The molecule has 1 aliphatic heterocycles. The molecule has 136 valence electrons. The quantitative estimate of drug-likeness (QED) is 0.823. The molecule has 0 N–H and O–H groups in total. The van der Waals surface area contributed by atoms with Gasteiger partial charge in [0.25, 0.3) is 0 Å². The Labute approximate surface area is 145 Å². The maximum Gasteiger partial charge on any atom is 0.246 e. The third-order valence-electron chi connectivity index (χ3n) is 4.21. The summed E-state index contributed by atoms with van der Waals surface area (Å²) in [5, 5.41) is 4.23. The molecule has 1 saturated heterocycles. The third kappa shape index (κ3) is 3.44. The summed E-state index contributed by atoms with van der Waals surface area (Å²) in [5.41, 5.74) is 0.842. The second-order valence-electron chi connectivity index (χ2n) is 5.91. The van der Waals surface area contributed by atoms with Crippen molar-refractivity contribution in [3.05, 3.63) is 46.8 Å². The molecule has 0 spiro atoms. The molecule has 25 heavy (non-hydrogen) atoms. The smallest absolute Gasteiger partial charge is 0.246 e. The molecular formula is C16H19F2N3O3S. The van der Waals surface area contributed by atoms with Crippen LogP contribution in [0.15, 0.2) is 23.1 Å². The van der Waals surface area contributed by atoms with E-state index in [9.17, 15) is 17.2 Å². The third-order valence-corrected chi connectivity index (χ3v) is 6.36. The molecule has 3 rings (SSSR count). The molecule has 0 radical (unpaired) electrons. The average Bonchev–Trinajstić information content (AvgIpc) is 2.86. The van der Waals surface area contributed by atoms with Crippen LogP contribution in [0.1, 0.15) is 17.0 Å². The lowest BCUT2D eigenvalue weighted by Gasteiger charge is -2.26. The Morgan fingerprint density at radius 2 is 1.88 bits per heavy atom. The van der Waals surface area contributed by atoms with Gasteiger partial charge in [0.05, 0.1) is 31.1 Å². The topological polar surface area (TPSA) is 64.4 Å². The van der Waals surface area contributed by atoms with Crippen molar-refractivity contribution >= 4 is 10.0 Å². The summed E-state index contributed by atoms with van der Waals surface area (Å²) >= 11 is 0. The molecule has 1 aliphatic rings. The summed E-state index contributed by atoms with van der Waals surface area (Å²) in [5.74, 6) is -1.12. The highest BCUT2D eigenvalue weighted by Crippen LogP contribution is 2.25. The Bertz CT molecular complexity index is 890. The molecule has 9 heteroatoms. The fourth-order valence-electron chi connectivity index (χ4n) is 2.95. The van der Waals surface area contributed by atoms with Gasteiger partial charge in [-0.3, -0.25) is 4.68 Å². The Hall–Kier alpha value is -1.84. The zero-order valence-electron chi connectivity index (χ0n) is 14.0. The molecule has 0 amide bonds. The summed E-state index contributed by atoms with van der Waals surface area (Å²) in [7, 11) is -3.71.